The van der Waals surface area contributed by atoms with Gasteiger partial charge in [0.15, 0.2) is 0 Å². The molecule has 2 aromatic rings. The van der Waals surface area contributed by atoms with Gasteiger partial charge < -0.3 is 10.6 Å². The van der Waals surface area contributed by atoms with Crippen molar-refractivity contribution in [3.05, 3.63) is 42.1 Å². The lowest BCUT2D eigenvalue weighted by Gasteiger charge is -2.14. The van der Waals surface area contributed by atoms with Crippen molar-refractivity contribution < 1.29 is 13.2 Å². The van der Waals surface area contributed by atoms with E-state index in [9.17, 15) is 13.2 Å². The summed E-state index contributed by atoms with van der Waals surface area (Å²) in [6.45, 7) is 4.81. The van der Waals surface area contributed by atoms with Gasteiger partial charge in [0.05, 0.1) is 11.3 Å². The molecule has 1 aromatic heterocycles. The fourth-order valence-electron chi connectivity index (χ4n) is 1.79. The van der Waals surface area contributed by atoms with E-state index in [1.165, 1.54) is 24.4 Å². The second-order valence-electron chi connectivity index (χ2n) is 5.21. The summed E-state index contributed by atoms with van der Waals surface area (Å²) in [6.07, 6.45) is -2.94. The highest BCUT2D eigenvalue weighted by Crippen LogP contribution is 2.35. The van der Waals surface area contributed by atoms with Crippen molar-refractivity contribution >= 4 is 17.5 Å². The Hall–Kier alpha value is -2.31. The van der Waals surface area contributed by atoms with E-state index in [0.29, 0.717) is 11.7 Å². The summed E-state index contributed by atoms with van der Waals surface area (Å²) in [6, 6.07) is 6.90. The Morgan fingerprint density at radius 2 is 1.86 bits per heavy atom. The summed E-state index contributed by atoms with van der Waals surface area (Å²) in [5, 5.41) is 5.73. The van der Waals surface area contributed by atoms with Crippen molar-refractivity contribution in [2.45, 2.75) is 20.0 Å². The number of aromatic nitrogens is 2. The normalized spacial score (nSPS) is 11.5. The first kappa shape index (κ1) is 16.1. The quantitative estimate of drug-likeness (QED) is 0.864. The number of halogens is 3. The number of hydrogen-bond acceptors (Lipinski definition) is 4. The van der Waals surface area contributed by atoms with Crippen LogP contribution in [0.5, 0.6) is 0 Å². The first-order valence-corrected chi connectivity index (χ1v) is 6.86. The van der Waals surface area contributed by atoms with Gasteiger partial charge in [-0.1, -0.05) is 26.0 Å². The second kappa shape index (κ2) is 6.64. The molecule has 0 aliphatic rings. The van der Waals surface area contributed by atoms with Gasteiger partial charge in [-0.3, -0.25) is 0 Å². The van der Waals surface area contributed by atoms with Gasteiger partial charge >= 0.3 is 6.18 Å². The minimum absolute atomic E-state index is 0.0731. The SMILES string of the molecule is CC(C)CNc1ccnc(Nc2ccccc2C(F)(F)F)n1. The van der Waals surface area contributed by atoms with Gasteiger partial charge in [0.25, 0.3) is 0 Å². The number of nitrogens with zero attached hydrogens (tertiary/aromatic N) is 2. The third kappa shape index (κ3) is 4.34. The summed E-state index contributed by atoms with van der Waals surface area (Å²) in [7, 11) is 0. The van der Waals surface area contributed by atoms with E-state index in [1.807, 2.05) is 13.8 Å². The van der Waals surface area contributed by atoms with Crippen molar-refractivity contribution in [1.29, 1.82) is 0 Å². The monoisotopic (exact) mass is 310 g/mol. The number of benzene rings is 1. The van der Waals surface area contributed by atoms with Crippen LogP contribution in [0, 0.1) is 5.92 Å². The minimum atomic E-state index is -4.43. The first-order chi connectivity index (χ1) is 10.4. The molecule has 0 aliphatic carbocycles. The van der Waals surface area contributed by atoms with Crippen LogP contribution in [-0.2, 0) is 6.18 Å². The maximum absolute atomic E-state index is 12.9. The molecule has 0 radical (unpaired) electrons. The molecule has 1 heterocycles. The molecule has 1 aromatic carbocycles. The Balaban J connectivity index is 2.19. The molecule has 118 valence electrons. The van der Waals surface area contributed by atoms with Crippen molar-refractivity contribution in [2.75, 3.05) is 17.2 Å². The van der Waals surface area contributed by atoms with E-state index >= 15 is 0 Å². The van der Waals surface area contributed by atoms with Crippen LogP contribution in [0.2, 0.25) is 0 Å². The molecular formula is C15H17F3N4. The zero-order valence-electron chi connectivity index (χ0n) is 12.3. The maximum Gasteiger partial charge on any atom is 0.418 e. The molecule has 0 amide bonds. The highest BCUT2D eigenvalue weighted by molar-refractivity contribution is 5.60. The van der Waals surface area contributed by atoms with Crippen LogP contribution in [0.25, 0.3) is 0 Å². The predicted molar refractivity (Wildman–Crippen MR) is 80.1 cm³/mol. The van der Waals surface area contributed by atoms with Crippen LogP contribution >= 0.6 is 0 Å². The molecule has 22 heavy (non-hydrogen) atoms. The fourth-order valence-corrected chi connectivity index (χ4v) is 1.79. The number of hydrogen-bond donors (Lipinski definition) is 2. The lowest BCUT2D eigenvalue weighted by Crippen LogP contribution is -2.11. The van der Waals surface area contributed by atoms with E-state index in [-0.39, 0.29) is 11.6 Å². The average molecular weight is 310 g/mol. The van der Waals surface area contributed by atoms with Crippen molar-refractivity contribution in [2.24, 2.45) is 5.92 Å². The molecule has 4 nitrogen and oxygen atoms in total. The van der Waals surface area contributed by atoms with Crippen LogP contribution in [0.3, 0.4) is 0 Å². The molecule has 0 saturated heterocycles. The molecule has 0 spiro atoms. The van der Waals surface area contributed by atoms with Crippen molar-refractivity contribution in [3.8, 4) is 0 Å². The van der Waals surface area contributed by atoms with Gasteiger partial charge in [-0.2, -0.15) is 18.2 Å². The van der Waals surface area contributed by atoms with Crippen LogP contribution in [0.4, 0.5) is 30.6 Å². The summed E-state index contributed by atoms with van der Waals surface area (Å²) < 4.78 is 38.8. The van der Waals surface area contributed by atoms with E-state index in [4.69, 9.17) is 0 Å². The van der Waals surface area contributed by atoms with Gasteiger partial charge in [-0.25, -0.2) is 4.98 Å². The average Bonchev–Trinajstić information content (AvgIpc) is 2.45. The lowest BCUT2D eigenvalue weighted by molar-refractivity contribution is -0.136. The zero-order chi connectivity index (χ0) is 16.2. The smallest absolute Gasteiger partial charge is 0.370 e. The predicted octanol–water partition coefficient (Wildman–Crippen LogP) is 4.31. The fraction of sp³-hybridized carbons (Fsp3) is 0.333. The van der Waals surface area contributed by atoms with Gasteiger partial charge in [0, 0.05) is 12.7 Å². The van der Waals surface area contributed by atoms with Crippen LogP contribution in [0.15, 0.2) is 36.5 Å². The molecule has 0 atom stereocenters. The largest absolute Gasteiger partial charge is 0.418 e. The van der Waals surface area contributed by atoms with Crippen molar-refractivity contribution in [1.82, 2.24) is 9.97 Å². The summed E-state index contributed by atoms with van der Waals surface area (Å²) >= 11 is 0. The van der Waals surface area contributed by atoms with Crippen molar-refractivity contribution in [3.63, 3.8) is 0 Å². The maximum atomic E-state index is 12.9. The zero-order valence-corrected chi connectivity index (χ0v) is 12.3. The summed E-state index contributed by atoms with van der Waals surface area (Å²) in [5.74, 6) is 1.11. The lowest BCUT2D eigenvalue weighted by atomic mass is 10.1. The number of alkyl halides is 3. The number of para-hydroxylation sites is 1. The molecule has 0 fully saturated rings. The highest BCUT2D eigenvalue weighted by atomic mass is 19.4. The number of anilines is 3. The van der Waals surface area contributed by atoms with E-state index in [1.54, 1.807) is 6.07 Å². The number of nitrogens with one attached hydrogen (secondary N) is 2. The minimum Gasteiger partial charge on any atom is -0.370 e. The van der Waals surface area contributed by atoms with Crippen LogP contribution in [-0.4, -0.2) is 16.5 Å². The Morgan fingerprint density at radius 1 is 1.14 bits per heavy atom. The Labute approximate surface area is 126 Å². The first-order valence-electron chi connectivity index (χ1n) is 6.86. The molecule has 2 rings (SSSR count). The van der Waals surface area contributed by atoms with Gasteiger partial charge in [0.1, 0.15) is 5.82 Å². The Morgan fingerprint density at radius 3 is 2.55 bits per heavy atom. The molecule has 0 saturated carbocycles. The standard InChI is InChI=1S/C15H17F3N4/c1-10(2)9-20-13-7-8-19-14(22-13)21-12-6-4-3-5-11(12)15(16,17)18/h3-8,10H,9H2,1-2H3,(H2,19,20,21,22). The molecule has 0 aliphatic heterocycles. The molecule has 7 heteroatoms. The Bertz CT molecular complexity index is 626. The van der Waals surface area contributed by atoms with E-state index in [0.717, 1.165) is 12.6 Å². The Kier molecular flexibility index (Phi) is 4.85. The topological polar surface area (TPSA) is 49.8 Å². The molecular weight excluding hydrogens is 293 g/mol. The second-order valence-corrected chi connectivity index (χ2v) is 5.21. The van der Waals surface area contributed by atoms with Crippen LogP contribution < -0.4 is 10.6 Å². The van der Waals surface area contributed by atoms with E-state index < -0.39 is 11.7 Å². The van der Waals surface area contributed by atoms with E-state index in [2.05, 4.69) is 20.6 Å². The molecule has 0 unspecified atom stereocenters. The number of rotatable bonds is 5. The summed E-state index contributed by atoms with van der Waals surface area (Å²) in [4.78, 5) is 8.12. The van der Waals surface area contributed by atoms with Gasteiger partial charge in [-0.05, 0) is 24.1 Å². The van der Waals surface area contributed by atoms with Gasteiger partial charge in [0.2, 0.25) is 5.95 Å². The molecule has 2 N–H and O–H groups in total. The third-order valence-corrected chi connectivity index (χ3v) is 2.83. The van der Waals surface area contributed by atoms with Crippen LogP contribution in [0.1, 0.15) is 19.4 Å². The summed E-state index contributed by atoms with van der Waals surface area (Å²) in [5.41, 5.74) is -0.824. The highest BCUT2D eigenvalue weighted by Gasteiger charge is 2.33. The molecule has 0 bridgehead atoms. The third-order valence-electron chi connectivity index (χ3n) is 2.83. The van der Waals surface area contributed by atoms with Gasteiger partial charge in [-0.15, -0.1) is 0 Å².